The average molecular weight is 476 g/mol. The van der Waals surface area contributed by atoms with E-state index >= 15 is 0 Å². The van der Waals surface area contributed by atoms with E-state index in [0.717, 1.165) is 44.0 Å². The number of pyridine rings is 1. The molecule has 0 radical (unpaired) electrons. The zero-order chi connectivity index (χ0) is 24.7. The number of hydrogen-bond donors (Lipinski definition) is 1. The molecule has 1 aliphatic heterocycles. The minimum Gasteiger partial charge on any atom is -0.491 e. The fourth-order valence-electron chi connectivity index (χ4n) is 3.99. The van der Waals surface area contributed by atoms with Gasteiger partial charge in [-0.1, -0.05) is 6.07 Å². The number of alkyl halides is 3. The van der Waals surface area contributed by atoms with Crippen LogP contribution in [0.3, 0.4) is 0 Å². The fourth-order valence-corrected chi connectivity index (χ4v) is 3.99. The largest absolute Gasteiger partial charge is 0.498 e. The number of rotatable bonds is 5. The molecule has 1 aromatic carbocycles. The summed E-state index contributed by atoms with van der Waals surface area (Å²) in [5.41, 5.74) is -1.09. The highest BCUT2D eigenvalue weighted by atomic mass is 19.4. The van der Waals surface area contributed by atoms with Crippen molar-refractivity contribution in [1.29, 1.82) is 0 Å². The molecule has 34 heavy (non-hydrogen) atoms. The van der Waals surface area contributed by atoms with Crippen molar-refractivity contribution < 1.29 is 32.0 Å². The van der Waals surface area contributed by atoms with Crippen LogP contribution in [0.25, 0.3) is 0 Å². The van der Waals surface area contributed by atoms with Crippen LogP contribution in [0.4, 0.5) is 19.0 Å². The van der Waals surface area contributed by atoms with Gasteiger partial charge in [-0.15, -0.1) is 0 Å². The predicted molar refractivity (Wildman–Crippen MR) is 122 cm³/mol. The molecule has 2 heterocycles. The molecular formula is C24H28BF3N2O4. The van der Waals surface area contributed by atoms with Crippen LogP contribution in [0.5, 0.6) is 5.75 Å². The first-order chi connectivity index (χ1) is 15.9. The van der Waals surface area contributed by atoms with Crippen LogP contribution in [-0.2, 0) is 15.5 Å². The molecule has 4 rings (SSSR count). The number of anilines is 1. The highest BCUT2D eigenvalue weighted by Gasteiger charge is 2.52. The Morgan fingerprint density at radius 2 is 1.74 bits per heavy atom. The zero-order valence-corrected chi connectivity index (χ0v) is 19.7. The van der Waals surface area contributed by atoms with E-state index in [2.05, 4.69) is 10.3 Å². The van der Waals surface area contributed by atoms with Gasteiger partial charge in [-0.25, -0.2) is 4.98 Å². The highest BCUT2D eigenvalue weighted by Crippen LogP contribution is 2.37. The summed E-state index contributed by atoms with van der Waals surface area (Å²) in [7, 11) is -0.677. The number of nitrogens with zero attached hydrogens (tertiary/aromatic N) is 1. The van der Waals surface area contributed by atoms with E-state index in [1.807, 2.05) is 27.7 Å². The Morgan fingerprint density at radius 3 is 2.35 bits per heavy atom. The quantitative estimate of drug-likeness (QED) is 0.617. The van der Waals surface area contributed by atoms with Gasteiger partial charge in [0.25, 0.3) is 5.91 Å². The van der Waals surface area contributed by atoms with Crippen LogP contribution < -0.4 is 15.5 Å². The van der Waals surface area contributed by atoms with Crippen LogP contribution in [0, 0.1) is 0 Å². The molecule has 1 amide bonds. The monoisotopic (exact) mass is 476 g/mol. The minimum atomic E-state index is -4.53. The molecular weight excluding hydrogens is 448 g/mol. The Morgan fingerprint density at radius 1 is 1.09 bits per heavy atom. The third-order valence-electron chi connectivity index (χ3n) is 6.71. The van der Waals surface area contributed by atoms with Gasteiger partial charge in [-0.3, -0.25) is 4.79 Å². The van der Waals surface area contributed by atoms with Crippen molar-refractivity contribution >= 4 is 24.3 Å². The van der Waals surface area contributed by atoms with E-state index < -0.39 is 36.0 Å². The number of halogens is 3. The Labute approximate surface area is 197 Å². The first-order valence-electron chi connectivity index (χ1n) is 11.4. The Kier molecular flexibility index (Phi) is 6.41. The lowest BCUT2D eigenvalue weighted by atomic mass is 9.78. The first kappa shape index (κ1) is 24.5. The summed E-state index contributed by atoms with van der Waals surface area (Å²) in [5.74, 6) is -0.313. The van der Waals surface area contributed by atoms with Gasteiger partial charge in [0.15, 0.2) is 0 Å². The Hall–Kier alpha value is -2.59. The maximum atomic E-state index is 13.0. The van der Waals surface area contributed by atoms with E-state index in [4.69, 9.17) is 14.0 Å². The number of benzene rings is 1. The summed E-state index contributed by atoms with van der Waals surface area (Å²) in [6.07, 6.45) is 0.449. The molecule has 1 saturated heterocycles. The second-order valence-electron chi connectivity index (χ2n) is 9.75. The molecule has 0 spiro atoms. The molecule has 10 heteroatoms. The molecule has 1 N–H and O–H groups in total. The number of hydrogen-bond acceptors (Lipinski definition) is 5. The van der Waals surface area contributed by atoms with Gasteiger partial charge < -0.3 is 19.4 Å². The molecule has 2 aliphatic rings. The van der Waals surface area contributed by atoms with Crippen molar-refractivity contribution in [1.82, 2.24) is 4.98 Å². The van der Waals surface area contributed by atoms with Gasteiger partial charge in [-0.05, 0) is 77.6 Å². The van der Waals surface area contributed by atoms with E-state index in [-0.39, 0.29) is 17.5 Å². The summed E-state index contributed by atoms with van der Waals surface area (Å²) >= 11 is 0. The first-order valence-corrected chi connectivity index (χ1v) is 11.4. The summed E-state index contributed by atoms with van der Waals surface area (Å²) in [5, 5.41) is 2.44. The normalized spacial score (nSPS) is 19.9. The maximum absolute atomic E-state index is 13.0. The van der Waals surface area contributed by atoms with E-state index in [1.54, 1.807) is 18.2 Å². The molecule has 2 fully saturated rings. The Balaban J connectivity index is 1.61. The summed E-state index contributed by atoms with van der Waals surface area (Å²) in [6.45, 7) is 7.81. The third kappa shape index (κ3) is 5.07. The number of carbonyl (C=O) groups is 1. The third-order valence-corrected chi connectivity index (χ3v) is 6.71. The smallest absolute Gasteiger partial charge is 0.491 e. The fraction of sp³-hybridized carbons (Fsp3) is 0.500. The molecule has 1 saturated carbocycles. The molecule has 0 atom stereocenters. The van der Waals surface area contributed by atoms with Gasteiger partial charge in [0.1, 0.15) is 11.6 Å². The van der Waals surface area contributed by atoms with Crippen molar-refractivity contribution in [2.45, 2.75) is 76.9 Å². The lowest BCUT2D eigenvalue weighted by Gasteiger charge is -2.32. The average Bonchev–Trinajstić information content (AvgIpc) is 3.32. The van der Waals surface area contributed by atoms with Crippen molar-refractivity contribution in [3.05, 3.63) is 47.7 Å². The number of amides is 1. The zero-order valence-electron chi connectivity index (χ0n) is 19.7. The number of carbonyl (C=O) groups excluding carboxylic acids is 1. The molecule has 182 valence electrons. The van der Waals surface area contributed by atoms with Gasteiger partial charge in [-0.2, -0.15) is 13.2 Å². The number of aromatic nitrogens is 1. The van der Waals surface area contributed by atoms with E-state index in [1.165, 1.54) is 0 Å². The van der Waals surface area contributed by atoms with Crippen LogP contribution in [0.15, 0.2) is 36.5 Å². The summed E-state index contributed by atoms with van der Waals surface area (Å²) in [6, 6.07) is 6.52. The molecule has 1 aromatic heterocycles. The molecule has 1 aliphatic carbocycles. The van der Waals surface area contributed by atoms with Crippen molar-refractivity contribution in [3.63, 3.8) is 0 Å². The van der Waals surface area contributed by atoms with Crippen LogP contribution in [0.1, 0.15) is 69.3 Å². The van der Waals surface area contributed by atoms with Gasteiger partial charge in [0.2, 0.25) is 0 Å². The lowest BCUT2D eigenvalue weighted by molar-refractivity contribution is -0.137. The predicted octanol–water partition coefficient (Wildman–Crippen LogP) is 4.97. The standard InChI is InChI=1S/C24H28BF3N2O4/c1-22(2)23(3,4)34-25(33-22)18-10-9-15(13-19(18)32-17-7-5-6-8-17)21(31)30-20-14-16(11-12-29-20)24(26,27)28/h9-14,17H,5-8H2,1-4H3,(H,29,30,31). The van der Waals surface area contributed by atoms with Crippen LogP contribution in [0.2, 0.25) is 0 Å². The number of nitrogens with one attached hydrogen (secondary N) is 1. The van der Waals surface area contributed by atoms with Crippen molar-refractivity contribution in [2.75, 3.05) is 5.32 Å². The molecule has 0 unspecified atom stereocenters. The minimum absolute atomic E-state index is 0.0182. The van der Waals surface area contributed by atoms with Gasteiger partial charge in [0, 0.05) is 17.2 Å². The number of ether oxygens (including phenoxy) is 1. The van der Waals surface area contributed by atoms with Crippen molar-refractivity contribution in [2.24, 2.45) is 0 Å². The van der Waals surface area contributed by atoms with Crippen molar-refractivity contribution in [3.8, 4) is 5.75 Å². The Bertz CT molecular complexity index is 1050. The molecule has 0 bridgehead atoms. The van der Waals surface area contributed by atoms with E-state index in [0.29, 0.717) is 11.2 Å². The van der Waals surface area contributed by atoms with E-state index in [9.17, 15) is 18.0 Å². The lowest BCUT2D eigenvalue weighted by Crippen LogP contribution is -2.41. The SMILES string of the molecule is CC1(C)OB(c2ccc(C(=O)Nc3cc(C(F)(F)F)ccn3)cc2OC2CCCC2)OC1(C)C. The van der Waals surface area contributed by atoms with Crippen LogP contribution in [-0.4, -0.2) is 35.3 Å². The maximum Gasteiger partial charge on any atom is 0.498 e. The van der Waals surface area contributed by atoms with Crippen LogP contribution >= 0.6 is 0 Å². The molecule has 2 aromatic rings. The highest BCUT2D eigenvalue weighted by molar-refractivity contribution is 6.63. The molecule has 6 nitrogen and oxygen atoms in total. The topological polar surface area (TPSA) is 69.7 Å². The summed E-state index contributed by atoms with van der Waals surface area (Å²) < 4.78 is 57.6. The van der Waals surface area contributed by atoms with Gasteiger partial charge >= 0.3 is 13.3 Å². The second kappa shape index (κ2) is 8.89. The summed E-state index contributed by atoms with van der Waals surface area (Å²) in [4.78, 5) is 16.7. The second-order valence-corrected chi connectivity index (χ2v) is 9.75. The van der Waals surface area contributed by atoms with Gasteiger partial charge in [0.05, 0.1) is 22.9 Å².